The molecule has 0 aliphatic heterocycles. The van der Waals surface area contributed by atoms with Crippen LogP contribution in [0.4, 0.5) is 0 Å². The first-order valence-corrected chi connectivity index (χ1v) is 6.84. The van der Waals surface area contributed by atoms with E-state index in [1.807, 2.05) is 41.2 Å². The van der Waals surface area contributed by atoms with E-state index in [2.05, 4.69) is 40.8 Å². The molecule has 0 fully saturated rings. The fraction of sp³-hybridized carbons (Fsp3) is 0.250. The molecule has 0 amide bonds. The normalized spacial score (nSPS) is 11.6. The number of hydrogen-bond acceptors (Lipinski definition) is 4. The van der Waals surface area contributed by atoms with Crippen molar-refractivity contribution in [2.75, 3.05) is 0 Å². The molecule has 0 unspecified atom stereocenters. The van der Waals surface area contributed by atoms with E-state index in [-0.39, 0.29) is 5.41 Å². The number of hydrogen-bond donors (Lipinski definition) is 0. The average molecular weight is 279 g/mol. The van der Waals surface area contributed by atoms with E-state index in [9.17, 15) is 0 Å². The van der Waals surface area contributed by atoms with Crippen LogP contribution in [0.3, 0.4) is 0 Å². The molecule has 0 radical (unpaired) electrons. The van der Waals surface area contributed by atoms with Crippen molar-refractivity contribution < 1.29 is 0 Å². The number of rotatable bonds is 2. The third-order valence-electron chi connectivity index (χ3n) is 3.12. The summed E-state index contributed by atoms with van der Waals surface area (Å²) in [5.41, 5.74) is 1.84. The topological polar surface area (TPSA) is 56.5 Å². The van der Waals surface area contributed by atoms with Crippen LogP contribution in [0.1, 0.15) is 26.6 Å². The lowest BCUT2D eigenvalue weighted by atomic mass is 9.96. The molecule has 0 N–H and O–H groups in total. The van der Waals surface area contributed by atoms with E-state index in [0.717, 1.165) is 17.1 Å². The molecule has 106 valence electrons. The van der Waals surface area contributed by atoms with Gasteiger partial charge >= 0.3 is 0 Å². The molecule has 2 aromatic heterocycles. The molecule has 3 rings (SSSR count). The van der Waals surface area contributed by atoms with E-state index < -0.39 is 0 Å². The molecule has 0 saturated carbocycles. The van der Waals surface area contributed by atoms with Gasteiger partial charge in [0, 0.05) is 23.4 Å². The number of benzene rings is 1. The fourth-order valence-corrected chi connectivity index (χ4v) is 2.01. The molecule has 0 atom stereocenters. The minimum Gasteiger partial charge on any atom is -0.241 e. The van der Waals surface area contributed by atoms with E-state index in [1.54, 1.807) is 12.5 Å². The van der Waals surface area contributed by atoms with Crippen molar-refractivity contribution in [2.45, 2.75) is 26.2 Å². The molecular weight excluding hydrogens is 262 g/mol. The summed E-state index contributed by atoms with van der Waals surface area (Å²) in [6.07, 6.45) is 5.24. The molecule has 0 spiro atoms. The van der Waals surface area contributed by atoms with Crippen LogP contribution in [-0.2, 0) is 5.41 Å². The summed E-state index contributed by atoms with van der Waals surface area (Å²) < 4.78 is 1.81. The smallest absolute Gasteiger partial charge is 0.163 e. The van der Waals surface area contributed by atoms with Gasteiger partial charge in [-0.15, -0.1) is 0 Å². The summed E-state index contributed by atoms with van der Waals surface area (Å²) in [5.74, 6) is 1.47. The molecule has 21 heavy (non-hydrogen) atoms. The minimum atomic E-state index is -0.0999. The van der Waals surface area contributed by atoms with Gasteiger partial charge in [0.15, 0.2) is 5.82 Å². The second-order valence-corrected chi connectivity index (χ2v) is 5.88. The second kappa shape index (κ2) is 5.09. The summed E-state index contributed by atoms with van der Waals surface area (Å²) >= 11 is 0. The zero-order valence-corrected chi connectivity index (χ0v) is 12.4. The van der Waals surface area contributed by atoms with Gasteiger partial charge < -0.3 is 0 Å². The fourth-order valence-electron chi connectivity index (χ4n) is 2.01. The molecule has 0 saturated heterocycles. The zero-order valence-electron chi connectivity index (χ0n) is 12.4. The summed E-state index contributed by atoms with van der Waals surface area (Å²) in [5, 5.41) is 4.24. The molecule has 5 nitrogen and oxygen atoms in total. The van der Waals surface area contributed by atoms with Crippen molar-refractivity contribution >= 4 is 0 Å². The number of nitrogens with zero attached hydrogens (tertiary/aromatic N) is 5. The molecule has 0 aliphatic rings. The van der Waals surface area contributed by atoms with Gasteiger partial charge in [0.25, 0.3) is 0 Å². The Kier molecular flexibility index (Phi) is 3.25. The SMILES string of the molecule is CC(C)(C)c1ncnc(-c2cccc(-n3cccn3)c2)n1. The van der Waals surface area contributed by atoms with Crippen molar-refractivity contribution in [3.63, 3.8) is 0 Å². The van der Waals surface area contributed by atoms with Gasteiger partial charge in [0.1, 0.15) is 12.2 Å². The van der Waals surface area contributed by atoms with E-state index in [1.165, 1.54) is 0 Å². The lowest BCUT2D eigenvalue weighted by Gasteiger charge is -2.16. The Labute approximate surface area is 123 Å². The van der Waals surface area contributed by atoms with Crippen molar-refractivity contribution in [3.8, 4) is 17.1 Å². The van der Waals surface area contributed by atoms with Crippen molar-refractivity contribution in [2.24, 2.45) is 0 Å². The molecule has 5 heteroatoms. The predicted molar refractivity (Wildman–Crippen MR) is 81.1 cm³/mol. The van der Waals surface area contributed by atoms with Gasteiger partial charge in [-0.3, -0.25) is 0 Å². The van der Waals surface area contributed by atoms with Gasteiger partial charge in [0.05, 0.1) is 5.69 Å². The Morgan fingerprint density at radius 1 is 1.05 bits per heavy atom. The maximum Gasteiger partial charge on any atom is 0.163 e. The predicted octanol–water partition coefficient (Wildman–Crippen LogP) is 3.02. The van der Waals surface area contributed by atoms with Crippen LogP contribution in [-0.4, -0.2) is 24.7 Å². The average Bonchev–Trinajstić information content (AvgIpc) is 3.01. The van der Waals surface area contributed by atoms with Crippen LogP contribution in [0, 0.1) is 0 Å². The lowest BCUT2D eigenvalue weighted by Crippen LogP contribution is -2.16. The van der Waals surface area contributed by atoms with Crippen LogP contribution >= 0.6 is 0 Å². The van der Waals surface area contributed by atoms with Crippen molar-refractivity contribution in [1.29, 1.82) is 0 Å². The quantitative estimate of drug-likeness (QED) is 0.723. The highest BCUT2D eigenvalue weighted by molar-refractivity contribution is 5.58. The van der Waals surface area contributed by atoms with Crippen molar-refractivity contribution in [1.82, 2.24) is 24.7 Å². The van der Waals surface area contributed by atoms with Gasteiger partial charge in [-0.2, -0.15) is 5.10 Å². The highest BCUT2D eigenvalue weighted by Crippen LogP contribution is 2.22. The largest absolute Gasteiger partial charge is 0.241 e. The summed E-state index contributed by atoms with van der Waals surface area (Å²) in [6, 6.07) is 9.89. The first kappa shape index (κ1) is 13.4. The minimum absolute atomic E-state index is 0.0999. The van der Waals surface area contributed by atoms with Crippen LogP contribution in [0.25, 0.3) is 17.1 Å². The second-order valence-electron chi connectivity index (χ2n) is 5.88. The lowest BCUT2D eigenvalue weighted by molar-refractivity contribution is 0.542. The molecule has 1 aromatic carbocycles. The third kappa shape index (κ3) is 2.81. The zero-order chi connectivity index (χ0) is 14.9. The van der Waals surface area contributed by atoms with Crippen LogP contribution in [0.15, 0.2) is 49.1 Å². The molecule has 3 aromatic rings. The number of aromatic nitrogens is 5. The Hall–Kier alpha value is -2.56. The van der Waals surface area contributed by atoms with Gasteiger partial charge in [-0.05, 0) is 18.2 Å². The van der Waals surface area contributed by atoms with Crippen LogP contribution in [0.2, 0.25) is 0 Å². The summed E-state index contributed by atoms with van der Waals surface area (Å²) in [6.45, 7) is 6.27. The highest BCUT2D eigenvalue weighted by Gasteiger charge is 2.18. The Balaban J connectivity index is 2.03. The van der Waals surface area contributed by atoms with Gasteiger partial charge in [0.2, 0.25) is 0 Å². The molecule has 0 bridgehead atoms. The van der Waals surface area contributed by atoms with Gasteiger partial charge in [-0.25, -0.2) is 19.6 Å². The maximum atomic E-state index is 4.58. The van der Waals surface area contributed by atoms with E-state index in [4.69, 9.17) is 0 Å². The highest BCUT2D eigenvalue weighted by atomic mass is 15.3. The third-order valence-corrected chi connectivity index (χ3v) is 3.12. The molecule has 0 aliphatic carbocycles. The van der Waals surface area contributed by atoms with Crippen LogP contribution in [0.5, 0.6) is 0 Å². The van der Waals surface area contributed by atoms with E-state index >= 15 is 0 Å². The Bertz CT molecular complexity index is 741. The van der Waals surface area contributed by atoms with Gasteiger partial charge in [-0.1, -0.05) is 32.9 Å². The van der Waals surface area contributed by atoms with Crippen LogP contribution < -0.4 is 0 Å². The van der Waals surface area contributed by atoms with Crippen molar-refractivity contribution in [3.05, 3.63) is 54.9 Å². The standard InChI is InChI=1S/C16H17N5/c1-16(2,3)15-18-11-17-14(20-15)12-6-4-7-13(10-12)21-9-5-8-19-21/h4-11H,1-3H3. The monoisotopic (exact) mass is 279 g/mol. The Morgan fingerprint density at radius 2 is 1.90 bits per heavy atom. The summed E-state index contributed by atoms with van der Waals surface area (Å²) in [4.78, 5) is 13.1. The van der Waals surface area contributed by atoms with E-state index in [0.29, 0.717) is 5.82 Å². The first-order valence-electron chi connectivity index (χ1n) is 6.84. The molecule has 2 heterocycles. The molecular formula is C16H17N5. The Morgan fingerprint density at radius 3 is 2.62 bits per heavy atom. The summed E-state index contributed by atoms with van der Waals surface area (Å²) in [7, 11) is 0. The first-order chi connectivity index (χ1) is 10.0. The maximum absolute atomic E-state index is 4.58.